The Hall–Kier alpha value is -1.86. The van der Waals surface area contributed by atoms with E-state index in [0.717, 1.165) is 17.7 Å². The van der Waals surface area contributed by atoms with Gasteiger partial charge in [-0.25, -0.2) is 0 Å². The van der Waals surface area contributed by atoms with Gasteiger partial charge in [0.15, 0.2) is 0 Å². The van der Waals surface area contributed by atoms with Crippen LogP contribution in [-0.4, -0.2) is 23.7 Å². The van der Waals surface area contributed by atoms with Gasteiger partial charge in [-0.05, 0) is 29.9 Å². The maximum absolute atomic E-state index is 13.6. The van der Waals surface area contributed by atoms with Gasteiger partial charge in [0, 0.05) is 4.88 Å². The molecule has 0 saturated heterocycles. The van der Waals surface area contributed by atoms with E-state index < -0.39 is 29.6 Å². The summed E-state index contributed by atoms with van der Waals surface area (Å²) >= 11 is 1.44. The lowest BCUT2D eigenvalue weighted by atomic mass is 9.83. The summed E-state index contributed by atoms with van der Waals surface area (Å²) in [5.41, 5.74) is -4.21. The molecule has 7 heteroatoms. The topological polar surface area (TPSA) is 49.3 Å². The molecule has 1 aromatic heterocycles. The summed E-state index contributed by atoms with van der Waals surface area (Å²) in [5.74, 6) is -0.448. The molecule has 1 amide bonds. The molecule has 1 aliphatic rings. The zero-order valence-corrected chi connectivity index (χ0v) is 14.9. The molecule has 1 aliphatic carbocycles. The average Bonchev–Trinajstić information content (AvgIpc) is 3.30. The summed E-state index contributed by atoms with van der Waals surface area (Å²) in [6.45, 7) is -0.910. The first kappa shape index (κ1) is 18.9. The third-order valence-corrected chi connectivity index (χ3v) is 6.18. The van der Waals surface area contributed by atoms with Crippen molar-refractivity contribution in [1.82, 2.24) is 5.32 Å². The highest BCUT2D eigenvalue weighted by Crippen LogP contribution is 2.44. The third-order valence-electron chi connectivity index (χ3n) is 5.11. The molecule has 2 N–H and O–H groups in total. The van der Waals surface area contributed by atoms with Crippen LogP contribution in [0.1, 0.15) is 36.1 Å². The summed E-state index contributed by atoms with van der Waals surface area (Å²) in [6, 6.07) is 10.5. The Morgan fingerprint density at radius 1 is 1.12 bits per heavy atom. The fraction of sp³-hybridized carbons (Fsp3) is 0.421. The first-order valence-corrected chi connectivity index (χ1v) is 9.34. The average molecular weight is 383 g/mol. The van der Waals surface area contributed by atoms with E-state index >= 15 is 0 Å². The number of carbonyl (C=O) groups excluding carboxylic acids is 1. The fourth-order valence-electron chi connectivity index (χ4n) is 3.57. The Morgan fingerprint density at radius 3 is 2.31 bits per heavy atom. The summed E-state index contributed by atoms with van der Waals surface area (Å²) in [5, 5.41) is 14.6. The number of benzene rings is 1. The summed E-state index contributed by atoms with van der Waals surface area (Å²) < 4.78 is 40.8. The van der Waals surface area contributed by atoms with Gasteiger partial charge in [0.2, 0.25) is 11.5 Å². The van der Waals surface area contributed by atoms with E-state index in [1.54, 1.807) is 6.07 Å². The minimum absolute atomic E-state index is 0.288. The Labute approximate surface area is 153 Å². The van der Waals surface area contributed by atoms with E-state index in [-0.39, 0.29) is 5.56 Å². The van der Waals surface area contributed by atoms with Crippen LogP contribution in [0.5, 0.6) is 0 Å². The van der Waals surface area contributed by atoms with Crippen molar-refractivity contribution in [2.24, 2.45) is 0 Å². The van der Waals surface area contributed by atoms with Crippen molar-refractivity contribution in [2.45, 2.75) is 42.9 Å². The normalized spacial score (nSPS) is 19.1. The van der Waals surface area contributed by atoms with Gasteiger partial charge >= 0.3 is 6.18 Å². The van der Waals surface area contributed by atoms with Gasteiger partial charge in [-0.3, -0.25) is 4.79 Å². The van der Waals surface area contributed by atoms with Crippen molar-refractivity contribution in [3.05, 3.63) is 58.3 Å². The number of halogens is 3. The van der Waals surface area contributed by atoms with Crippen molar-refractivity contribution in [3.8, 4) is 0 Å². The van der Waals surface area contributed by atoms with Crippen LogP contribution in [0.15, 0.2) is 47.8 Å². The number of rotatable bonds is 5. The summed E-state index contributed by atoms with van der Waals surface area (Å²) in [4.78, 5) is 13.8. The van der Waals surface area contributed by atoms with E-state index in [2.05, 4.69) is 5.32 Å². The molecule has 3 rings (SSSR count). The van der Waals surface area contributed by atoms with E-state index in [0.29, 0.717) is 12.8 Å². The number of carbonyl (C=O) groups is 1. The molecule has 1 aromatic carbocycles. The smallest absolute Gasteiger partial charge is 0.375 e. The number of nitrogens with one attached hydrogen (secondary N) is 1. The predicted molar refractivity (Wildman–Crippen MR) is 93.9 cm³/mol. The van der Waals surface area contributed by atoms with Gasteiger partial charge in [-0.2, -0.15) is 13.2 Å². The molecule has 0 bridgehead atoms. The number of thiophene rings is 1. The van der Waals surface area contributed by atoms with Gasteiger partial charge in [0.05, 0.1) is 12.0 Å². The van der Waals surface area contributed by atoms with Gasteiger partial charge in [-0.1, -0.05) is 49.2 Å². The number of aliphatic hydroxyl groups is 1. The molecule has 0 aliphatic heterocycles. The van der Waals surface area contributed by atoms with Crippen LogP contribution < -0.4 is 5.32 Å². The number of hydrogen-bond donors (Lipinski definition) is 2. The molecule has 1 fully saturated rings. The van der Waals surface area contributed by atoms with Crippen LogP contribution in [-0.2, 0) is 15.8 Å². The molecule has 1 atom stereocenters. The lowest BCUT2D eigenvalue weighted by Gasteiger charge is -2.33. The van der Waals surface area contributed by atoms with Crippen LogP contribution in [0.3, 0.4) is 0 Å². The molecule has 1 heterocycles. The standard InChI is InChI=1S/C19H20F3NO2S/c20-19(21,22)18(25,14-7-2-1-3-8-14)13-23-16(24)17(10-4-5-11-17)15-9-6-12-26-15/h1-3,6-9,12,25H,4-5,10-11,13H2,(H,23,24). The molecule has 26 heavy (non-hydrogen) atoms. The van der Waals surface area contributed by atoms with Gasteiger partial charge < -0.3 is 10.4 Å². The predicted octanol–water partition coefficient (Wildman–Crippen LogP) is 4.13. The highest BCUT2D eigenvalue weighted by Gasteiger charge is 2.55. The van der Waals surface area contributed by atoms with Crippen molar-refractivity contribution < 1.29 is 23.1 Å². The van der Waals surface area contributed by atoms with Crippen molar-refractivity contribution in [2.75, 3.05) is 6.54 Å². The molecule has 140 valence electrons. The minimum Gasteiger partial charge on any atom is -0.375 e. The van der Waals surface area contributed by atoms with Gasteiger partial charge in [0.1, 0.15) is 0 Å². The highest BCUT2D eigenvalue weighted by molar-refractivity contribution is 7.10. The van der Waals surface area contributed by atoms with Crippen molar-refractivity contribution in [1.29, 1.82) is 0 Å². The summed E-state index contributed by atoms with van der Waals surface area (Å²) in [6.07, 6.45) is -1.99. The monoisotopic (exact) mass is 383 g/mol. The maximum Gasteiger partial charge on any atom is 0.423 e. The SMILES string of the molecule is O=C(NCC(O)(c1ccccc1)C(F)(F)F)C1(c2cccs2)CCCC1. The van der Waals surface area contributed by atoms with Crippen molar-refractivity contribution in [3.63, 3.8) is 0 Å². The largest absolute Gasteiger partial charge is 0.423 e. The molecule has 0 spiro atoms. The number of hydrogen-bond acceptors (Lipinski definition) is 3. The highest BCUT2D eigenvalue weighted by atomic mass is 32.1. The van der Waals surface area contributed by atoms with E-state index in [1.165, 1.54) is 35.6 Å². The Kier molecular flexibility index (Phi) is 5.12. The Morgan fingerprint density at radius 2 is 1.77 bits per heavy atom. The Bertz CT molecular complexity index is 740. The molecule has 1 unspecified atom stereocenters. The second-order valence-electron chi connectivity index (χ2n) is 6.67. The van der Waals surface area contributed by atoms with Crippen LogP contribution in [0, 0.1) is 0 Å². The quantitative estimate of drug-likeness (QED) is 0.816. The molecular formula is C19H20F3NO2S. The van der Waals surface area contributed by atoms with Crippen LogP contribution in [0.4, 0.5) is 13.2 Å². The minimum atomic E-state index is -4.91. The first-order chi connectivity index (χ1) is 12.3. The number of amides is 1. The Balaban J connectivity index is 1.84. The second-order valence-corrected chi connectivity index (χ2v) is 7.62. The molecule has 0 radical (unpaired) electrons. The first-order valence-electron chi connectivity index (χ1n) is 8.46. The van der Waals surface area contributed by atoms with Gasteiger partial charge in [-0.15, -0.1) is 11.3 Å². The van der Waals surface area contributed by atoms with Crippen LogP contribution in [0.2, 0.25) is 0 Å². The zero-order chi connectivity index (χ0) is 18.8. The molecule has 3 nitrogen and oxygen atoms in total. The molecule has 2 aromatic rings. The van der Waals surface area contributed by atoms with Crippen LogP contribution >= 0.6 is 11.3 Å². The zero-order valence-electron chi connectivity index (χ0n) is 14.1. The van der Waals surface area contributed by atoms with Crippen molar-refractivity contribution >= 4 is 17.2 Å². The number of alkyl halides is 3. The second kappa shape index (κ2) is 7.04. The lowest BCUT2D eigenvalue weighted by molar-refractivity contribution is -0.264. The van der Waals surface area contributed by atoms with E-state index in [9.17, 15) is 23.1 Å². The fourth-order valence-corrected chi connectivity index (χ4v) is 4.56. The lowest BCUT2D eigenvalue weighted by Crippen LogP contribution is -2.54. The van der Waals surface area contributed by atoms with E-state index in [1.807, 2.05) is 17.5 Å². The maximum atomic E-state index is 13.6. The summed E-state index contributed by atoms with van der Waals surface area (Å²) in [7, 11) is 0. The van der Waals surface area contributed by atoms with Crippen LogP contribution in [0.25, 0.3) is 0 Å². The third kappa shape index (κ3) is 3.25. The van der Waals surface area contributed by atoms with Gasteiger partial charge in [0.25, 0.3) is 0 Å². The van der Waals surface area contributed by atoms with E-state index in [4.69, 9.17) is 0 Å². The molecule has 1 saturated carbocycles. The molecular weight excluding hydrogens is 363 g/mol.